The quantitative estimate of drug-likeness (QED) is 0.836. The molecule has 1 aromatic carbocycles. The molecule has 0 unspecified atom stereocenters. The van der Waals surface area contributed by atoms with Gasteiger partial charge in [-0.1, -0.05) is 18.2 Å². The number of carbonyl (C=O) groups is 2. The zero-order chi connectivity index (χ0) is 13.5. The second-order valence-electron chi connectivity index (χ2n) is 3.69. The lowest BCUT2D eigenvalue weighted by molar-refractivity contribution is -0.143. The van der Waals surface area contributed by atoms with Gasteiger partial charge in [-0.3, -0.25) is 4.79 Å². The van der Waals surface area contributed by atoms with E-state index in [2.05, 4.69) is 4.74 Å². The van der Waals surface area contributed by atoms with Crippen molar-refractivity contribution in [1.82, 2.24) is 0 Å². The van der Waals surface area contributed by atoms with E-state index < -0.39 is 12.0 Å². The molecule has 1 atom stereocenters. The Morgan fingerprint density at radius 3 is 2.53 bits per heavy atom. The van der Waals surface area contributed by atoms with Gasteiger partial charge in [0.25, 0.3) is 0 Å². The summed E-state index contributed by atoms with van der Waals surface area (Å²) in [4.78, 5) is 22.9. The molecule has 0 spiro atoms. The molecule has 0 amide bonds. The standard InChI is InChI=1S/C13H17NO4.ClH/c1-3-18-12(15)8-11(14)9-6-4-5-7-10(9)13(16)17-2;/h4-7,11H,3,8,14H2,1-2H3;1H/t11-;/m0./s1. The van der Waals surface area contributed by atoms with Crippen LogP contribution in [-0.4, -0.2) is 25.7 Å². The van der Waals surface area contributed by atoms with Crippen LogP contribution in [0, 0.1) is 0 Å². The number of halogens is 1. The number of ether oxygens (including phenoxy) is 2. The van der Waals surface area contributed by atoms with Gasteiger partial charge in [0, 0.05) is 6.04 Å². The summed E-state index contributed by atoms with van der Waals surface area (Å²) in [6.07, 6.45) is 0.0296. The Bertz CT molecular complexity index is 436. The van der Waals surface area contributed by atoms with Crippen molar-refractivity contribution in [3.05, 3.63) is 35.4 Å². The lowest BCUT2D eigenvalue weighted by Crippen LogP contribution is -2.20. The molecule has 2 N–H and O–H groups in total. The largest absolute Gasteiger partial charge is 0.466 e. The average molecular weight is 288 g/mol. The third-order valence-electron chi connectivity index (χ3n) is 2.46. The third kappa shape index (κ3) is 4.89. The monoisotopic (exact) mass is 287 g/mol. The Morgan fingerprint density at radius 2 is 1.95 bits per heavy atom. The minimum Gasteiger partial charge on any atom is -0.466 e. The molecule has 0 heterocycles. The van der Waals surface area contributed by atoms with Crippen LogP contribution in [-0.2, 0) is 14.3 Å². The van der Waals surface area contributed by atoms with E-state index in [-0.39, 0.29) is 24.8 Å². The highest BCUT2D eigenvalue weighted by molar-refractivity contribution is 5.91. The van der Waals surface area contributed by atoms with Crippen molar-refractivity contribution < 1.29 is 19.1 Å². The normalized spacial score (nSPS) is 11.1. The first-order valence-corrected chi connectivity index (χ1v) is 5.68. The summed E-state index contributed by atoms with van der Waals surface area (Å²) >= 11 is 0. The number of hydrogen-bond acceptors (Lipinski definition) is 5. The fourth-order valence-electron chi connectivity index (χ4n) is 1.63. The number of esters is 2. The maximum Gasteiger partial charge on any atom is 0.338 e. The molecule has 106 valence electrons. The Balaban J connectivity index is 0.00000324. The number of rotatable bonds is 5. The van der Waals surface area contributed by atoms with Gasteiger partial charge in [-0.25, -0.2) is 4.79 Å². The molecular formula is C13H18ClNO4. The highest BCUT2D eigenvalue weighted by atomic mass is 35.5. The van der Waals surface area contributed by atoms with Crippen LogP contribution in [0.3, 0.4) is 0 Å². The number of benzene rings is 1. The van der Waals surface area contributed by atoms with Gasteiger partial charge in [0.05, 0.1) is 25.7 Å². The van der Waals surface area contributed by atoms with Gasteiger partial charge in [-0.2, -0.15) is 0 Å². The second-order valence-corrected chi connectivity index (χ2v) is 3.69. The lowest BCUT2D eigenvalue weighted by atomic mass is 9.99. The van der Waals surface area contributed by atoms with Crippen molar-refractivity contribution in [2.45, 2.75) is 19.4 Å². The number of nitrogens with two attached hydrogens (primary N) is 1. The summed E-state index contributed by atoms with van der Waals surface area (Å²) in [5, 5.41) is 0. The molecule has 0 saturated heterocycles. The molecule has 0 saturated carbocycles. The van der Waals surface area contributed by atoms with Crippen molar-refractivity contribution in [3.8, 4) is 0 Å². The predicted octanol–water partition coefficient (Wildman–Crippen LogP) is 1.85. The van der Waals surface area contributed by atoms with Gasteiger partial charge >= 0.3 is 11.9 Å². The Labute approximate surface area is 118 Å². The number of methoxy groups -OCH3 is 1. The molecule has 19 heavy (non-hydrogen) atoms. The maximum absolute atomic E-state index is 11.6. The van der Waals surface area contributed by atoms with Gasteiger partial charge in [0.2, 0.25) is 0 Å². The molecular weight excluding hydrogens is 270 g/mol. The minimum absolute atomic E-state index is 0. The summed E-state index contributed by atoms with van der Waals surface area (Å²) in [6.45, 7) is 2.04. The van der Waals surface area contributed by atoms with E-state index in [4.69, 9.17) is 10.5 Å². The molecule has 0 aliphatic rings. The smallest absolute Gasteiger partial charge is 0.338 e. The molecule has 0 aliphatic heterocycles. The zero-order valence-corrected chi connectivity index (χ0v) is 11.7. The maximum atomic E-state index is 11.6. The molecule has 1 rings (SSSR count). The topological polar surface area (TPSA) is 78.6 Å². The lowest BCUT2D eigenvalue weighted by Gasteiger charge is -2.14. The van der Waals surface area contributed by atoms with E-state index in [0.29, 0.717) is 17.7 Å². The van der Waals surface area contributed by atoms with Crippen molar-refractivity contribution in [1.29, 1.82) is 0 Å². The van der Waals surface area contributed by atoms with Crippen LogP contribution in [0.1, 0.15) is 35.3 Å². The van der Waals surface area contributed by atoms with Gasteiger partial charge in [-0.05, 0) is 18.6 Å². The van der Waals surface area contributed by atoms with Crippen molar-refractivity contribution in [2.75, 3.05) is 13.7 Å². The van der Waals surface area contributed by atoms with Crippen LogP contribution < -0.4 is 5.73 Å². The van der Waals surface area contributed by atoms with Crippen LogP contribution in [0.25, 0.3) is 0 Å². The molecule has 0 fully saturated rings. The minimum atomic E-state index is -0.584. The van der Waals surface area contributed by atoms with Gasteiger partial charge < -0.3 is 15.2 Å². The third-order valence-corrected chi connectivity index (χ3v) is 2.46. The van der Waals surface area contributed by atoms with Crippen molar-refractivity contribution in [2.24, 2.45) is 5.73 Å². The Morgan fingerprint density at radius 1 is 1.32 bits per heavy atom. The van der Waals surface area contributed by atoms with Crippen molar-refractivity contribution >= 4 is 24.3 Å². The van der Waals surface area contributed by atoms with E-state index in [9.17, 15) is 9.59 Å². The molecule has 6 heteroatoms. The molecule has 0 aliphatic carbocycles. The summed E-state index contributed by atoms with van der Waals surface area (Å²) in [7, 11) is 1.30. The SMILES string of the molecule is CCOC(=O)C[C@H](N)c1ccccc1C(=O)OC.Cl. The van der Waals surface area contributed by atoms with E-state index in [1.54, 1.807) is 31.2 Å². The molecule has 1 aromatic rings. The first kappa shape index (κ1) is 17.4. The second kappa shape index (κ2) is 8.50. The highest BCUT2D eigenvalue weighted by Crippen LogP contribution is 2.20. The van der Waals surface area contributed by atoms with Gasteiger partial charge in [-0.15, -0.1) is 12.4 Å². The fraction of sp³-hybridized carbons (Fsp3) is 0.385. The molecule has 0 bridgehead atoms. The van der Waals surface area contributed by atoms with Gasteiger partial charge in [0.15, 0.2) is 0 Å². The average Bonchev–Trinajstić information content (AvgIpc) is 2.38. The fourth-order valence-corrected chi connectivity index (χ4v) is 1.63. The molecule has 5 nitrogen and oxygen atoms in total. The van der Waals surface area contributed by atoms with Gasteiger partial charge in [0.1, 0.15) is 0 Å². The number of hydrogen-bond donors (Lipinski definition) is 1. The number of carbonyl (C=O) groups excluding carboxylic acids is 2. The summed E-state index contributed by atoms with van der Waals surface area (Å²) in [5.74, 6) is -0.852. The van der Waals surface area contributed by atoms with E-state index in [0.717, 1.165) is 0 Å². The molecule has 0 aromatic heterocycles. The summed E-state index contributed by atoms with van der Waals surface area (Å²) in [5.41, 5.74) is 6.86. The highest BCUT2D eigenvalue weighted by Gasteiger charge is 2.19. The van der Waals surface area contributed by atoms with Crippen molar-refractivity contribution in [3.63, 3.8) is 0 Å². The predicted molar refractivity (Wildman–Crippen MR) is 73.2 cm³/mol. The van der Waals surface area contributed by atoms with E-state index >= 15 is 0 Å². The Hall–Kier alpha value is -1.59. The van der Waals surface area contributed by atoms with Crippen LogP contribution in [0.15, 0.2) is 24.3 Å². The first-order valence-electron chi connectivity index (χ1n) is 5.68. The Kier molecular flexibility index (Phi) is 7.79. The van der Waals surface area contributed by atoms with E-state index in [1.165, 1.54) is 7.11 Å². The molecule has 0 radical (unpaired) electrons. The van der Waals surface area contributed by atoms with Crippen LogP contribution in [0.5, 0.6) is 0 Å². The zero-order valence-electron chi connectivity index (χ0n) is 10.9. The summed E-state index contributed by atoms with van der Waals surface area (Å²) < 4.78 is 9.49. The van der Waals surface area contributed by atoms with Crippen LogP contribution >= 0.6 is 12.4 Å². The van der Waals surface area contributed by atoms with Crippen LogP contribution in [0.4, 0.5) is 0 Å². The summed E-state index contributed by atoms with van der Waals surface area (Å²) in [6, 6.07) is 6.21. The van der Waals surface area contributed by atoms with E-state index in [1.807, 2.05) is 0 Å². The first-order chi connectivity index (χ1) is 8.60. The van der Waals surface area contributed by atoms with Crippen LogP contribution in [0.2, 0.25) is 0 Å².